The zero-order valence-electron chi connectivity index (χ0n) is 14.7. The second-order valence-electron chi connectivity index (χ2n) is 7.80. The first-order valence-electron chi connectivity index (χ1n) is 8.32. The van der Waals surface area contributed by atoms with Gasteiger partial charge in [0.2, 0.25) is 0 Å². The second-order valence-corrected chi connectivity index (χ2v) is 8.75. The van der Waals surface area contributed by atoms with E-state index < -0.39 is 0 Å². The first-order valence-corrected chi connectivity index (χ1v) is 9.20. The number of likely N-dealkylation sites (tertiary alicyclic amines) is 1. The summed E-state index contributed by atoms with van der Waals surface area (Å²) in [6, 6.07) is 0. The van der Waals surface area contributed by atoms with Crippen molar-refractivity contribution >= 4 is 41.3 Å². The zero-order valence-corrected chi connectivity index (χ0v) is 17.8. The summed E-state index contributed by atoms with van der Waals surface area (Å²) < 4.78 is 0. The van der Waals surface area contributed by atoms with Crippen LogP contribution in [0, 0.1) is 5.41 Å². The van der Waals surface area contributed by atoms with E-state index in [0.29, 0.717) is 5.41 Å². The van der Waals surface area contributed by atoms with Crippen LogP contribution in [-0.4, -0.2) is 36.0 Å². The maximum atomic E-state index is 4.75. The minimum Gasteiger partial charge on any atom is -0.350 e. The number of aliphatic imine (C=N–C) groups is 1. The molecule has 0 atom stereocenters. The van der Waals surface area contributed by atoms with E-state index in [4.69, 9.17) is 4.98 Å². The van der Waals surface area contributed by atoms with E-state index >= 15 is 0 Å². The molecule has 0 radical (unpaired) electrons. The molecule has 1 aliphatic carbocycles. The van der Waals surface area contributed by atoms with Crippen LogP contribution in [0.3, 0.4) is 0 Å². The molecule has 4 nitrogen and oxygen atoms in total. The van der Waals surface area contributed by atoms with E-state index in [9.17, 15) is 0 Å². The number of hydrogen-bond acceptors (Lipinski definition) is 3. The predicted octanol–water partition coefficient (Wildman–Crippen LogP) is 4.01. The molecule has 130 valence electrons. The molecule has 3 rings (SSSR count). The number of aromatic nitrogens is 1. The summed E-state index contributed by atoms with van der Waals surface area (Å²) in [7, 11) is 1.89. The summed E-state index contributed by atoms with van der Waals surface area (Å²) in [5.74, 6) is 1.04. The van der Waals surface area contributed by atoms with Gasteiger partial charge in [0.1, 0.15) is 5.01 Å². The predicted molar refractivity (Wildman–Crippen MR) is 109 cm³/mol. The third-order valence-electron chi connectivity index (χ3n) is 5.08. The van der Waals surface area contributed by atoms with Crippen molar-refractivity contribution in [3.63, 3.8) is 0 Å². The van der Waals surface area contributed by atoms with Gasteiger partial charge in [-0.05, 0) is 24.7 Å². The van der Waals surface area contributed by atoms with Crippen molar-refractivity contribution < 1.29 is 0 Å². The average molecular weight is 448 g/mol. The molecule has 6 heteroatoms. The van der Waals surface area contributed by atoms with Crippen molar-refractivity contribution in [1.29, 1.82) is 0 Å². The molecule has 1 saturated heterocycles. The van der Waals surface area contributed by atoms with Crippen LogP contribution in [0.4, 0.5) is 0 Å². The van der Waals surface area contributed by atoms with Crippen LogP contribution >= 0.6 is 35.3 Å². The highest BCUT2D eigenvalue weighted by Crippen LogP contribution is 2.47. The molecular weight excluding hydrogens is 419 g/mol. The molecule has 1 aromatic heterocycles. The van der Waals surface area contributed by atoms with Crippen molar-refractivity contribution in [2.45, 2.75) is 58.4 Å². The molecule has 0 bridgehead atoms. The fraction of sp³-hybridized carbons (Fsp3) is 0.765. The van der Waals surface area contributed by atoms with Crippen molar-refractivity contribution in [1.82, 2.24) is 15.2 Å². The van der Waals surface area contributed by atoms with Crippen LogP contribution in [0.25, 0.3) is 0 Å². The smallest absolute Gasteiger partial charge is 0.194 e. The van der Waals surface area contributed by atoms with E-state index in [0.717, 1.165) is 24.1 Å². The Morgan fingerprint density at radius 1 is 1.39 bits per heavy atom. The van der Waals surface area contributed by atoms with E-state index in [1.54, 1.807) is 11.3 Å². The van der Waals surface area contributed by atoms with Crippen LogP contribution in [-0.2, 0) is 12.0 Å². The van der Waals surface area contributed by atoms with Gasteiger partial charge in [0, 0.05) is 30.9 Å². The van der Waals surface area contributed by atoms with Gasteiger partial charge in [-0.15, -0.1) is 35.3 Å². The van der Waals surface area contributed by atoms with Gasteiger partial charge in [-0.3, -0.25) is 4.99 Å². The lowest BCUT2D eigenvalue weighted by atomic mass is 9.68. The number of halogens is 1. The SMILES string of the molecule is CN=C(NCc1nc(C(C)(C)C)cs1)N1CCC2(CCC2)C1.I. The topological polar surface area (TPSA) is 40.5 Å². The lowest BCUT2D eigenvalue weighted by Gasteiger charge is -2.38. The van der Waals surface area contributed by atoms with E-state index in [-0.39, 0.29) is 29.4 Å². The molecule has 2 aliphatic rings. The molecular formula is C17H29IN4S. The molecule has 1 saturated carbocycles. The highest BCUT2D eigenvalue weighted by molar-refractivity contribution is 14.0. The standard InChI is InChI=1S/C17H28N4S.HI/c1-16(2,3)13-11-22-14(20-13)10-19-15(18-4)21-9-8-17(12-21)6-5-7-17;/h11H,5-10,12H2,1-4H3,(H,18,19);1H. The Labute approximate surface area is 161 Å². The highest BCUT2D eigenvalue weighted by atomic mass is 127. The molecule has 0 unspecified atom stereocenters. The van der Waals surface area contributed by atoms with Crippen molar-refractivity contribution in [2.24, 2.45) is 10.4 Å². The van der Waals surface area contributed by atoms with Gasteiger partial charge >= 0.3 is 0 Å². The third kappa shape index (κ3) is 4.18. The van der Waals surface area contributed by atoms with E-state index in [1.165, 1.54) is 37.9 Å². The molecule has 0 aromatic carbocycles. The van der Waals surface area contributed by atoms with Crippen molar-refractivity contribution in [2.75, 3.05) is 20.1 Å². The molecule has 1 N–H and O–H groups in total. The normalized spacial score (nSPS) is 20.3. The summed E-state index contributed by atoms with van der Waals surface area (Å²) in [5, 5.41) is 6.82. The van der Waals surface area contributed by atoms with Gasteiger partial charge in [0.25, 0.3) is 0 Å². The number of rotatable bonds is 2. The van der Waals surface area contributed by atoms with Crippen molar-refractivity contribution in [3.05, 3.63) is 16.1 Å². The summed E-state index contributed by atoms with van der Waals surface area (Å²) in [4.78, 5) is 11.7. The lowest BCUT2D eigenvalue weighted by molar-refractivity contribution is 0.151. The van der Waals surface area contributed by atoms with Gasteiger partial charge in [-0.25, -0.2) is 4.98 Å². The third-order valence-corrected chi connectivity index (χ3v) is 5.93. The zero-order chi connectivity index (χ0) is 15.8. The average Bonchev–Trinajstić information content (AvgIpc) is 3.04. The first-order chi connectivity index (χ1) is 10.4. The Kier molecular flexibility index (Phi) is 5.98. The number of guanidine groups is 1. The molecule has 1 aromatic rings. The Hall–Kier alpha value is -0.370. The van der Waals surface area contributed by atoms with Crippen LogP contribution in [0.2, 0.25) is 0 Å². The molecule has 0 amide bonds. The van der Waals surface area contributed by atoms with Crippen LogP contribution in [0.5, 0.6) is 0 Å². The van der Waals surface area contributed by atoms with Gasteiger partial charge in [-0.1, -0.05) is 27.2 Å². The largest absolute Gasteiger partial charge is 0.350 e. The lowest BCUT2D eigenvalue weighted by Crippen LogP contribution is -2.42. The fourth-order valence-electron chi connectivity index (χ4n) is 3.42. The Morgan fingerprint density at radius 2 is 2.13 bits per heavy atom. The molecule has 2 heterocycles. The summed E-state index contributed by atoms with van der Waals surface area (Å²) in [6.07, 6.45) is 5.55. The number of hydrogen-bond donors (Lipinski definition) is 1. The monoisotopic (exact) mass is 448 g/mol. The molecule has 2 fully saturated rings. The Bertz CT molecular complexity index is 557. The fourth-order valence-corrected chi connectivity index (χ4v) is 4.38. The molecule has 23 heavy (non-hydrogen) atoms. The minimum atomic E-state index is 0. The van der Waals surface area contributed by atoms with Gasteiger partial charge in [0.15, 0.2) is 5.96 Å². The maximum absolute atomic E-state index is 4.75. The maximum Gasteiger partial charge on any atom is 0.194 e. The van der Waals surface area contributed by atoms with Gasteiger partial charge in [-0.2, -0.15) is 0 Å². The number of nitrogens with zero attached hydrogens (tertiary/aromatic N) is 3. The van der Waals surface area contributed by atoms with Crippen LogP contribution in [0.15, 0.2) is 10.4 Å². The number of nitrogens with one attached hydrogen (secondary N) is 1. The van der Waals surface area contributed by atoms with Gasteiger partial charge in [0.05, 0.1) is 12.2 Å². The van der Waals surface area contributed by atoms with E-state index in [2.05, 4.69) is 41.4 Å². The van der Waals surface area contributed by atoms with E-state index in [1.807, 2.05) is 7.05 Å². The first kappa shape index (κ1) is 19.0. The summed E-state index contributed by atoms with van der Waals surface area (Å²) >= 11 is 1.74. The van der Waals surface area contributed by atoms with Crippen molar-refractivity contribution in [3.8, 4) is 0 Å². The molecule has 1 aliphatic heterocycles. The van der Waals surface area contributed by atoms with Crippen LogP contribution in [0.1, 0.15) is 57.2 Å². The molecule has 1 spiro atoms. The number of thiazole rings is 1. The quantitative estimate of drug-likeness (QED) is 0.422. The Morgan fingerprint density at radius 3 is 2.61 bits per heavy atom. The Balaban J connectivity index is 0.00000192. The van der Waals surface area contributed by atoms with Crippen LogP contribution < -0.4 is 5.32 Å². The van der Waals surface area contributed by atoms with Gasteiger partial charge < -0.3 is 10.2 Å². The summed E-state index contributed by atoms with van der Waals surface area (Å²) in [5.41, 5.74) is 1.92. The second kappa shape index (κ2) is 7.25. The minimum absolute atomic E-state index is 0. The summed E-state index contributed by atoms with van der Waals surface area (Å²) in [6.45, 7) is 9.72. The highest BCUT2D eigenvalue weighted by Gasteiger charge is 2.43.